The summed E-state index contributed by atoms with van der Waals surface area (Å²) in [5.41, 5.74) is 5.39. The molecule has 33 heavy (non-hydrogen) atoms. The number of anilines is 1. The minimum atomic E-state index is -0.182. The molecule has 1 aromatic carbocycles. The van der Waals surface area contributed by atoms with Crippen molar-refractivity contribution in [3.05, 3.63) is 76.2 Å². The van der Waals surface area contributed by atoms with Gasteiger partial charge in [-0.05, 0) is 80.3 Å². The lowest BCUT2D eigenvalue weighted by Crippen LogP contribution is -2.44. The molecule has 0 atom stereocenters. The molecule has 3 aliphatic rings. The Hall–Kier alpha value is -2.66. The van der Waals surface area contributed by atoms with E-state index in [1.54, 1.807) is 6.07 Å². The normalized spacial score (nSPS) is 23.3. The standard InChI is InChI=1S/C27H28ClFN4/c1-16(2)25-31-15-23-27(32-22-4-3-13-30-26(22)33(23)25)11-9-18(10-12-27)24(17-5-6-17)20-14-19(28)7-8-21(20)29/h3-4,7-8,13-16,18,32H,5-6,9-12H2,1-2H3. The molecule has 0 unspecified atom stereocenters. The predicted molar refractivity (Wildman–Crippen MR) is 130 cm³/mol. The van der Waals surface area contributed by atoms with Crippen LogP contribution in [0.15, 0.2) is 48.3 Å². The summed E-state index contributed by atoms with van der Waals surface area (Å²) in [5.74, 6) is 2.47. The van der Waals surface area contributed by atoms with Gasteiger partial charge in [-0.3, -0.25) is 4.57 Å². The Kier molecular flexibility index (Phi) is 4.88. The second-order valence-corrected chi connectivity index (χ2v) is 10.4. The van der Waals surface area contributed by atoms with Gasteiger partial charge in [-0.1, -0.05) is 31.0 Å². The molecule has 2 fully saturated rings. The second kappa shape index (κ2) is 7.69. The van der Waals surface area contributed by atoms with Crippen LogP contribution in [0.3, 0.4) is 0 Å². The van der Waals surface area contributed by atoms with E-state index in [-0.39, 0.29) is 11.4 Å². The van der Waals surface area contributed by atoms with Crippen LogP contribution in [0.2, 0.25) is 5.02 Å². The molecule has 3 heterocycles. The Bertz CT molecular complexity index is 1260. The lowest BCUT2D eigenvalue weighted by Gasteiger charge is -2.45. The molecule has 170 valence electrons. The number of hydrogen-bond donors (Lipinski definition) is 1. The summed E-state index contributed by atoms with van der Waals surface area (Å²) in [6.45, 7) is 4.36. The van der Waals surface area contributed by atoms with E-state index in [1.807, 2.05) is 24.5 Å². The van der Waals surface area contributed by atoms with Crippen LogP contribution in [0.4, 0.5) is 10.1 Å². The quantitative estimate of drug-likeness (QED) is 0.446. The van der Waals surface area contributed by atoms with Gasteiger partial charge in [-0.25, -0.2) is 14.4 Å². The van der Waals surface area contributed by atoms with Crippen molar-refractivity contribution in [2.45, 2.75) is 63.8 Å². The molecule has 0 bridgehead atoms. The summed E-state index contributed by atoms with van der Waals surface area (Å²) < 4.78 is 17.1. The third-order valence-electron chi connectivity index (χ3n) is 7.52. The Morgan fingerprint density at radius 2 is 1.97 bits per heavy atom. The monoisotopic (exact) mass is 462 g/mol. The first-order valence-electron chi connectivity index (χ1n) is 12.0. The van der Waals surface area contributed by atoms with Crippen LogP contribution in [0.25, 0.3) is 11.4 Å². The first kappa shape index (κ1) is 20.9. The van der Waals surface area contributed by atoms with E-state index >= 15 is 0 Å². The maximum Gasteiger partial charge on any atom is 0.161 e. The summed E-state index contributed by atoms with van der Waals surface area (Å²) in [4.78, 5) is 9.50. The predicted octanol–water partition coefficient (Wildman–Crippen LogP) is 7.24. The van der Waals surface area contributed by atoms with Gasteiger partial charge in [0, 0.05) is 22.7 Å². The zero-order valence-corrected chi connectivity index (χ0v) is 19.8. The van der Waals surface area contributed by atoms with Gasteiger partial charge >= 0.3 is 0 Å². The van der Waals surface area contributed by atoms with Crippen molar-refractivity contribution < 1.29 is 4.39 Å². The molecule has 1 aliphatic heterocycles. The zero-order chi connectivity index (χ0) is 22.7. The Morgan fingerprint density at radius 3 is 2.70 bits per heavy atom. The van der Waals surface area contributed by atoms with Gasteiger partial charge in [0.2, 0.25) is 0 Å². The van der Waals surface area contributed by atoms with Crippen molar-refractivity contribution in [2.75, 3.05) is 5.32 Å². The molecule has 2 aromatic heterocycles. The van der Waals surface area contributed by atoms with E-state index in [0.29, 0.717) is 22.4 Å². The Morgan fingerprint density at radius 1 is 1.18 bits per heavy atom. The number of nitrogens with one attached hydrogen (secondary N) is 1. The van der Waals surface area contributed by atoms with Gasteiger partial charge < -0.3 is 5.32 Å². The van der Waals surface area contributed by atoms with Crippen LogP contribution in [0, 0.1) is 11.7 Å². The fraction of sp³-hybridized carbons (Fsp3) is 0.407. The van der Waals surface area contributed by atoms with Crippen LogP contribution in [0.5, 0.6) is 0 Å². The fourth-order valence-electron chi connectivity index (χ4n) is 5.84. The highest BCUT2D eigenvalue weighted by atomic mass is 35.5. The minimum Gasteiger partial charge on any atom is -0.371 e. The first-order valence-corrected chi connectivity index (χ1v) is 12.3. The average molecular weight is 463 g/mol. The summed E-state index contributed by atoms with van der Waals surface area (Å²) in [5, 5.41) is 4.45. The molecule has 3 aromatic rings. The number of halogens is 2. The third kappa shape index (κ3) is 3.40. The van der Waals surface area contributed by atoms with E-state index in [0.717, 1.165) is 55.9 Å². The average Bonchev–Trinajstić information content (AvgIpc) is 3.53. The number of pyridine rings is 1. The number of rotatable bonds is 3. The number of imidazole rings is 1. The van der Waals surface area contributed by atoms with Gasteiger partial charge in [-0.2, -0.15) is 0 Å². The SMILES string of the molecule is CC(C)c1ncc2n1-c1ncccc1NC21CCC(C(=C2CC2)c2cc(Cl)ccc2F)CC1. The van der Waals surface area contributed by atoms with Crippen molar-refractivity contribution in [1.82, 2.24) is 14.5 Å². The molecule has 2 saturated carbocycles. The number of hydrogen-bond acceptors (Lipinski definition) is 3. The van der Waals surface area contributed by atoms with Gasteiger partial charge in [0.25, 0.3) is 0 Å². The number of aromatic nitrogens is 3. The molecular formula is C27H28ClFN4. The largest absolute Gasteiger partial charge is 0.371 e. The highest BCUT2D eigenvalue weighted by molar-refractivity contribution is 6.30. The van der Waals surface area contributed by atoms with Crippen molar-refractivity contribution in [1.29, 1.82) is 0 Å². The molecule has 6 heteroatoms. The molecule has 0 saturated heterocycles. The van der Waals surface area contributed by atoms with E-state index in [4.69, 9.17) is 16.6 Å². The van der Waals surface area contributed by atoms with E-state index < -0.39 is 0 Å². The van der Waals surface area contributed by atoms with Gasteiger partial charge in [0.15, 0.2) is 5.82 Å². The number of nitrogens with zero attached hydrogens (tertiary/aromatic N) is 3. The highest BCUT2D eigenvalue weighted by Gasteiger charge is 2.45. The third-order valence-corrected chi connectivity index (χ3v) is 7.75. The highest BCUT2D eigenvalue weighted by Crippen LogP contribution is 2.52. The fourth-order valence-corrected chi connectivity index (χ4v) is 6.02. The molecular weight excluding hydrogens is 435 g/mol. The van der Waals surface area contributed by atoms with Gasteiger partial charge in [-0.15, -0.1) is 0 Å². The topological polar surface area (TPSA) is 42.7 Å². The number of fused-ring (bicyclic) bond motifs is 4. The molecule has 6 rings (SSSR count). The van der Waals surface area contributed by atoms with Gasteiger partial charge in [0.1, 0.15) is 11.6 Å². The molecule has 0 radical (unpaired) electrons. The smallest absolute Gasteiger partial charge is 0.161 e. The van der Waals surface area contributed by atoms with Crippen LogP contribution in [-0.2, 0) is 5.54 Å². The summed E-state index contributed by atoms with van der Waals surface area (Å²) in [6.07, 6.45) is 9.96. The molecule has 4 nitrogen and oxygen atoms in total. The lowest BCUT2D eigenvalue weighted by atomic mass is 9.70. The van der Waals surface area contributed by atoms with Crippen molar-refractivity contribution >= 4 is 22.9 Å². The maximum absolute atomic E-state index is 14.8. The zero-order valence-electron chi connectivity index (χ0n) is 19.0. The summed E-state index contributed by atoms with van der Waals surface area (Å²) in [6, 6.07) is 9.05. The summed E-state index contributed by atoms with van der Waals surface area (Å²) in [7, 11) is 0. The molecule has 2 aliphatic carbocycles. The number of benzene rings is 1. The maximum atomic E-state index is 14.8. The van der Waals surface area contributed by atoms with Gasteiger partial charge in [0.05, 0.1) is 23.1 Å². The molecule has 1 N–H and O–H groups in total. The van der Waals surface area contributed by atoms with Crippen LogP contribution in [0.1, 0.15) is 75.4 Å². The Labute approximate surface area is 198 Å². The van der Waals surface area contributed by atoms with Crippen LogP contribution < -0.4 is 5.32 Å². The van der Waals surface area contributed by atoms with Crippen molar-refractivity contribution in [3.63, 3.8) is 0 Å². The van der Waals surface area contributed by atoms with E-state index in [9.17, 15) is 4.39 Å². The van der Waals surface area contributed by atoms with Crippen molar-refractivity contribution in [2.24, 2.45) is 5.92 Å². The lowest BCUT2D eigenvalue weighted by molar-refractivity contribution is 0.279. The minimum absolute atomic E-state index is 0.162. The first-order chi connectivity index (χ1) is 16.0. The number of allylic oxidation sites excluding steroid dienone is 2. The van der Waals surface area contributed by atoms with Crippen molar-refractivity contribution in [3.8, 4) is 5.82 Å². The second-order valence-electron chi connectivity index (χ2n) is 9.99. The van der Waals surface area contributed by atoms with Crippen LogP contribution in [-0.4, -0.2) is 14.5 Å². The van der Waals surface area contributed by atoms with E-state index in [1.165, 1.54) is 22.9 Å². The van der Waals surface area contributed by atoms with E-state index in [2.05, 4.69) is 34.8 Å². The Balaban J connectivity index is 1.36. The molecule has 0 amide bonds. The summed E-state index contributed by atoms with van der Waals surface area (Å²) >= 11 is 6.26. The molecule has 1 spiro atoms. The van der Waals surface area contributed by atoms with Crippen LogP contribution >= 0.6 is 11.6 Å².